The Morgan fingerprint density at radius 2 is 1.49 bits per heavy atom. The van der Waals surface area contributed by atoms with Gasteiger partial charge in [-0.25, -0.2) is 4.99 Å². The molecule has 1 aromatic heterocycles. The van der Waals surface area contributed by atoms with E-state index < -0.39 is 0 Å². The lowest BCUT2D eigenvalue weighted by atomic mass is 9.92. The Kier molecular flexibility index (Phi) is 8.11. The van der Waals surface area contributed by atoms with Gasteiger partial charge in [-0.15, -0.1) is 11.3 Å². The fourth-order valence-corrected chi connectivity index (χ4v) is 7.43. The fourth-order valence-electron chi connectivity index (χ4n) is 6.18. The molecule has 7 rings (SSSR count). The maximum atomic E-state index is 5.16. The molecule has 0 unspecified atom stereocenters. The molecular formula is C42H36N2S. The first kappa shape index (κ1) is 28.9. The van der Waals surface area contributed by atoms with Crippen molar-refractivity contribution in [1.82, 2.24) is 0 Å². The minimum absolute atomic E-state index is 0.637. The van der Waals surface area contributed by atoms with Crippen LogP contribution >= 0.6 is 11.3 Å². The molecule has 0 fully saturated rings. The first-order valence-electron chi connectivity index (χ1n) is 15.7. The summed E-state index contributed by atoms with van der Waals surface area (Å²) >= 11 is 1.84. The lowest BCUT2D eigenvalue weighted by Gasteiger charge is -2.12. The number of aliphatic imine (C=N–C) groups is 2. The van der Waals surface area contributed by atoms with E-state index in [4.69, 9.17) is 9.98 Å². The van der Waals surface area contributed by atoms with Gasteiger partial charge in [-0.3, -0.25) is 4.99 Å². The molecule has 220 valence electrons. The first-order valence-corrected chi connectivity index (χ1v) is 16.5. The topological polar surface area (TPSA) is 24.7 Å². The third kappa shape index (κ3) is 5.96. The number of hydrogen-bond donors (Lipinski definition) is 0. The highest BCUT2D eigenvalue weighted by Crippen LogP contribution is 2.39. The molecule has 0 bridgehead atoms. The highest BCUT2D eigenvalue weighted by Gasteiger charge is 2.14. The van der Waals surface area contributed by atoms with Crippen LogP contribution in [0, 0.1) is 13.8 Å². The van der Waals surface area contributed by atoms with Crippen LogP contribution in [-0.4, -0.2) is 18.1 Å². The number of allylic oxidation sites excluding steroid dienone is 2. The van der Waals surface area contributed by atoms with Gasteiger partial charge in [0.1, 0.15) is 0 Å². The van der Waals surface area contributed by atoms with Crippen LogP contribution in [0.5, 0.6) is 0 Å². The molecule has 0 amide bonds. The highest BCUT2D eigenvalue weighted by atomic mass is 32.1. The van der Waals surface area contributed by atoms with Gasteiger partial charge in [0.25, 0.3) is 0 Å². The van der Waals surface area contributed by atoms with Crippen molar-refractivity contribution < 1.29 is 0 Å². The Hall–Kier alpha value is -4.86. The molecule has 5 aromatic carbocycles. The highest BCUT2D eigenvalue weighted by molar-refractivity contribution is 7.26. The maximum absolute atomic E-state index is 5.16. The van der Waals surface area contributed by atoms with Gasteiger partial charge in [0.15, 0.2) is 5.84 Å². The zero-order chi connectivity index (χ0) is 30.8. The van der Waals surface area contributed by atoms with Crippen molar-refractivity contribution >= 4 is 43.1 Å². The van der Waals surface area contributed by atoms with Gasteiger partial charge in [0, 0.05) is 37.0 Å². The summed E-state index contributed by atoms with van der Waals surface area (Å²) in [5, 5.41) is 2.55. The summed E-state index contributed by atoms with van der Waals surface area (Å²) in [6, 6.07) is 39.3. The van der Waals surface area contributed by atoms with Crippen molar-refractivity contribution in [3.63, 3.8) is 0 Å². The van der Waals surface area contributed by atoms with Crippen molar-refractivity contribution in [1.29, 1.82) is 0 Å². The van der Waals surface area contributed by atoms with Gasteiger partial charge in [0.2, 0.25) is 0 Å². The minimum Gasteiger partial charge on any atom is -0.261 e. The van der Waals surface area contributed by atoms with Crippen molar-refractivity contribution in [2.45, 2.75) is 33.6 Å². The molecule has 1 aliphatic carbocycles. The molecule has 0 N–H and O–H groups in total. The van der Waals surface area contributed by atoms with E-state index in [2.05, 4.69) is 142 Å². The number of benzene rings is 5. The zero-order valence-corrected chi connectivity index (χ0v) is 26.9. The Morgan fingerprint density at radius 1 is 0.711 bits per heavy atom. The second-order valence-electron chi connectivity index (χ2n) is 11.8. The van der Waals surface area contributed by atoms with E-state index in [-0.39, 0.29) is 0 Å². The van der Waals surface area contributed by atoms with Crippen molar-refractivity contribution in [2.75, 3.05) is 6.54 Å². The summed E-state index contributed by atoms with van der Waals surface area (Å²) in [5.41, 5.74) is 12.1. The van der Waals surface area contributed by atoms with Gasteiger partial charge >= 0.3 is 0 Å². The van der Waals surface area contributed by atoms with E-state index in [0.29, 0.717) is 6.54 Å². The van der Waals surface area contributed by atoms with Crippen molar-refractivity contribution in [3.05, 3.63) is 155 Å². The van der Waals surface area contributed by atoms with Crippen LogP contribution in [0.25, 0.3) is 42.4 Å². The first-order chi connectivity index (χ1) is 22.0. The van der Waals surface area contributed by atoms with Gasteiger partial charge in [-0.2, -0.15) is 0 Å². The predicted molar refractivity (Wildman–Crippen MR) is 196 cm³/mol. The van der Waals surface area contributed by atoms with Crippen LogP contribution in [0.1, 0.15) is 42.0 Å². The Morgan fingerprint density at radius 3 is 2.31 bits per heavy atom. The lowest BCUT2D eigenvalue weighted by molar-refractivity contribution is 0.994. The number of thiophene rings is 1. The third-order valence-electron chi connectivity index (χ3n) is 8.68. The average molecular weight is 601 g/mol. The molecule has 45 heavy (non-hydrogen) atoms. The third-order valence-corrected chi connectivity index (χ3v) is 9.90. The van der Waals surface area contributed by atoms with Crippen LogP contribution in [0.3, 0.4) is 0 Å². The van der Waals surface area contributed by atoms with E-state index in [1.165, 1.54) is 59.1 Å². The average Bonchev–Trinajstić information content (AvgIpc) is 3.46. The van der Waals surface area contributed by atoms with Gasteiger partial charge in [-0.1, -0.05) is 109 Å². The van der Waals surface area contributed by atoms with Crippen LogP contribution in [0.15, 0.2) is 143 Å². The minimum atomic E-state index is 0.637. The Bertz CT molecular complexity index is 2160. The molecule has 2 nitrogen and oxygen atoms in total. The molecular weight excluding hydrogens is 565 g/mol. The second-order valence-corrected chi connectivity index (χ2v) is 12.9. The van der Waals surface area contributed by atoms with Gasteiger partial charge in [-0.05, 0) is 90.8 Å². The van der Waals surface area contributed by atoms with E-state index in [9.17, 15) is 0 Å². The summed E-state index contributed by atoms with van der Waals surface area (Å²) in [7, 11) is 0. The van der Waals surface area contributed by atoms with Crippen LogP contribution in [-0.2, 0) is 0 Å². The predicted octanol–water partition coefficient (Wildman–Crippen LogP) is 11.5. The molecule has 3 heteroatoms. The van der Waals surface area contributed by atoms with Crippen molar-refractivity contribution in [3.8, 4) is 22.3 Å². The van der Waals surface area contributed by atoms with Crippen LogP contribution in [0.4, 0.5) is 0 Å². The number of nitrogens with zero attached hydrogens (tertiary/aromatic N) is 2. The van der Waals surface area contributed by atoms with Gasteiger partial charge < -0.3 is 0 Å². The number of hydrogen-bond acceptors (Lipinski definition) is 2. The molecule has 0 radical (unpaired) electrons. The Balaban J connectivity index is 1.28. The second kappa shape index (κ2) is 12.6. The summed E-state index contributed by atoms with van der Waals surface area (Å²) in [6.45, 7) is 7.14. The van der Waals surface area contributed by atoms with Crippen LogP contribution < -0.4 is 0 Å². The van der Waals surface area contributed by atoms with Gasteiger partial charge in [0.05, 0.1) is 6.54 Å². The number of fused-ring (bicyclic) bond motifs is 3. The van der Waals surface area contributed by atoms with E-state index >= 15 is 0 Å². The summed E-state index contributed by atoms with van der Waals surface area (Å²) < 4.78 is 2.55. The van der Waals surface area contributed by atoms with Crippen molar-refractivity contribution in [2.24, 2.45) is 9.98 Å². The smallest absolute Gasteiger partial charge is 0.155 e. The largest absolute Gasteiger partial charge is 0.261 e. The monoisotopic (exact) mass is 600 g/mol. The standard InChI is InChI=1S/C42H36N2S/c1-28-13-10-11-18-35(28)38-25-33(22-21-29(38)2)34-23-24-40-39(26-34)37-20-12-19-36(41(37)45-40)30(3)44-42(32-16-8-5-9-17-32)43-27-31-14-6-4-7-15-31/h5-6,8-26H,4,7,27H2,1-3H3/b43-42-,44-30+. The fraction of sp³-hybridized carbons (Fsp3) is 0.143. The number of aryl methyl sites for hydroxylation is 2. The van der Waals surface area contributed by atoms with E-state index in [1.807, 2.05) is 17.4 Å². The molecule has 0 spiro atoms. The molecule has 0 saturated heterocycles. The Labute approximate surface area is 269 Å². The lowest BCUT2D eigenvalue weighted by Crippen LogP contribution is -2.05. The molecule has 0 saturated carbocycles. The molecule has 0 aliphatic heterocycles. The summed E-state index contributed by atoms with van der Waals surface area (Å²) in [6.07, 6.45) is 8.90. The zero-order valence-electron chi connectivity index (χ0n) is 26.0. The SMILES string of the molecule is C/C(=N\C(=N/CC1=CCCC=C1)c1ccccc1)c1cccc2c1sc1ccc(-c3ccc(C)c(-c4ccccc4C)c3)cc12. The summed E-state index contributed by atoms with van der Waals surface area (Å²) in [4.78, 5) is 10.2. The molecule has 0 atom stereocenters. The van der Waals surface area contributed by atoms with E-state index in [1.54, 1.807) is 0 Å². The molecule has 1 aliphatic rings. The maximum Gasteiger partial charge on any atom is 0.155 e. The van der Waals surface area contributed by atoms with Crippen LogP contribution in [0.2, 0.25) is 0 Å². The number of rotatable bonds is 6. The quantitative estimate of drug-likeness (QED) is 0.134. The number of amidine groups is 1. The van der Waals surface area contributed by atoms with E-state index in [0.717, 1.165) is 35.5 Å². The summed E-state index contributed by atoms with van der Waals surface area (Å²) in [5.74, 6) is 0.775. The molecule has 1 heterocycles. The normalized spacial score (nSPS) is 13.9. The molecule has 6 aromatic rings.